The van der Waals surface area contributed by atoms with Crippen molar-refractivity contribution in [2.75, 3.05) is 13.1 Å². The summed E-state index contributed by atoms with van der Waals surface area (Å²) in [5, 5.41) is 0. The van der Waals surface area contributed by atoms with Crippen LogP contribution in [0.25, 0.3) is 0 Å². The molecule has 22 heavy (non-hydrogen) atoms. The van der Waals surface area contributed by atoms with Crippen LogP contribution in [0.4, 0.5) is 0 Å². The van der Waals surface area contributed by atoms with Crippen molar-refractivity contribution in [1.29, 1.82) is 0 Å². The second-order valence-electron chi connectivity index (χ2n) is 8.12. The number of likely N-dealkylation sites (tertiary alicyclic amines) is 1. The summed E-state index contributed by atoms with van der Waals surface area (Å²) in [5.74, 6) is 1.66. The fraction of sp³-hybridized carbons (Fsp3) is 0.810. The Hall–Kier alpha value is -0.720. The maximum atomic E-state index is 4.47. The van der Waals surface area contributed by atoms with Crippen molar-refractivity contribution < 1.29 is 0 Å². The summed E-state index contributed by atoms with van der Waals surface area (Å²) in [6.07, 6.45) is 13.3. The predicted octanol–water partition coefficient (Wildman–Crippen LogP) is 6.17. The Morgan fingerprint density at radius 3 is 2.36 bits per heavy atom. The van der Waals surface area contributed by atoms with Gasteiger partial charge in [-0.2, -0.15) is 0 Å². The fourth-order valence-corrected chi connectivity index (χ4v) is 3.92. The average molecular weight is 304 g/mol. The van der Waals surface area contributed by atoms with E-state index >= 15 is 0 Å². The first-order chi connectivity index (χ1) is 10.5. The van der Waals surface area contributed by atoms with Crippen LogP contribution in [0, 0.1) is 17.3 Å². The van der Waals surface area contributed by atoms with E-state index in [-0.39, 0.29) is 0 Å². The Morgan fingerprint density at radius 1 is 1.27 bits per heavy atom. The molecule has 126 valence electrons. The summed E-state index contributed by atoms with van der Waals surface area (Å²) >= 11 is 0. The molecule has 1 heteroatoms. The van der Waals surface area contributed by atoms with Gasteiger partial charge in [0.2, 0.25) is 0 Å². The van der Waals surface area contributed by atoms with E-state index in [2.05, 4.69) is 45.2 Å². The van der Waals surface area contributed by atoms with E-state index < -0.39 is 0 Å². The van der Waals surface area contributed by atoms with Crippen molar-refractivity contribution in [1.82, 2.24) is 4.90 Å². The minimum absolute atomic E-state index is 0.438. The van der Waals surface area contributed by atoms with Crippen LogP contribution in [0.2, 0.25) is 0 Å². The first-order valence-corrected chi connectivity index (χ1v) is 9.64. The Balaban J connectivity index is 2.12. The lowest BCUT2D eigenvalue weighted by Gasteiger charge is -2.39. The lowest BCUT2D eigenvalue weighted by atomic mass is 9.73. The molecule has 1 aliphatic carbocycles. The van der Waals surface area contributed by atoms with Gasteiger partial charge in [0.15, 0.2) is 0 Å². The molecule has 0 radical (unpaired) electrons. The van der Waals surface area contributed by atoms with Gasteiger partial charge in [-0.15, -0.1) is 0 Å². The minimum atomic E-state index is 0.438. The molecular formula is C21H37N. The van der Waals surface area contributed by atoms with E-state index in [9.17, 15) is 0 Å². The Kier molecular flexibility index (Phi) is 6.17. The Morgan fingerprint density at radius 2 is 1.95 bits per heavy atom. The standard InChI is InChI=1S/C21H37N/c1-6-12-21(5,7-2)16-20(18(4)22-13-9-14-22)15-17(3)19-10-8-11-19/h15,17,19H,4,6-14,16H2,1-3,5H3/b20-15-. The normalized spacial score (nSPS) is 23.5. The van der Waals surface area contributed by atoms with Crippen LogP contribution in [0.5, 0.6) is 0 Å². The van der Waals surface area contributed by atoms with Gasteiger partial charge in [-0.25, -0.2) is 0 Å². The third kappa shape index (κ3) is 4.18. The monoisotopic (exact) mass is 303 g/mol. The van der Waals surface area contributed by atoms with Crippen molar-refractivity contribution >= 4 is 0 Å². The number of rotatable bonds is 9. The summed E-state index contributed by atoms with van der Waals surface area (Å²) in [6.45, 7) is 16.5. The summed E-state index contributed by atoms with van der Waals surface area (Å²) in [5.41, 5.74) is 3.32. The van der Waals surface area contributed by atoms with E-state index in [1.54, 1.807) is 5.57 Å². The van der Waals surface area contributed by atoms with Gasteiger partial charge in [-0.3, -0.25) is 0 Å². The second-order valence-corrected chi connectivity index (χ2v) is 8.12. The van der Waals surface area contributed by atoms with Crippen LogP contribution >= 0.6 is 0 Å². The smallest absolute Gasteiger partial charge is 0.0322 e. The zero-order valence-electron chi connectivity index (χ0n) is 15.5. The zero-order chi connectivity index (χ0) is 16.2. The highest BCUT2D eigenvalue weighted by molar-refractivity contribution is 5.30. The molecule has 1 aliphatic heterocycles. The molecule has 0 N–H and O–H groups in total. The maximum absolute atomic E-state index is 4.47. The predicted molar refractivity (Wildman–Crippen MR) is 97.8 cm³/mol. The molecule has 0 amide bonds. The average Bonchev–Trinajstić information content (AvgIpc) is 2.34. The number of allylic oxidation sites excluding steroid dienone is 2. The van der Waals surface area contributed by atoms with Gasteiger partial charge in [-0.1, -0.05) is 59.6 Å². The highest BCUT2D eigenvalue weighted by atomic mass is 15.2. The van der Waals surface area contributed by atoms with E-state index in [1.165, 1.54) is 70.2 Å². The molecule has 0 bridgehead atoms. The Labute approximate surface area is 138 Å². The fourth-order valence-electron chi connectivity index (χ4n) is 3.92. The third-order valence-electron chi connectivity index (χ3n) is 6.29. The molecule has 1 nitrogen and oxygen atoms in total. The van der Waals surface area contributed by atoms with E-state index in [0.29, 0.717) is 5.41 Å². The Bertz CT molecular complexity index is 400. The first-order valence-electron chi connectivity index (χ1n) is 9.64. The van der Waals surface area contributed by atoms with Gasteiger partial charge in [0.25, 0.3) is 0 Å². The van der Waals surface area contributed by atoms with Crippen molar-refractivity contribution in [3.63, 3.8) is 0 Å². The van der Waals surface area contributed by atoms with E-state index in [1.807, 2.05) is 0 Å². The molecule has 1 saturated heterocycles. The van der Waals surface area contributed by atoms with Gasteiger partial charge >= 0.3 is 0 Å². The number of nitrogens with zero attached hydrogens (tertiary/aromatic N) is 1. The third-order valence-corrected chi connectivity index (χ3v) is 6.29. The molecule has 1 saturated carbocycles. The zero-order valence-corrected chi connectivity index (χ0v) is 15.5. The summed E-state index contributed by atoms with van der Waals surface area (Å²) < 4.78 is 0. The topological polar surface area (TPSA) is 3.24 Å². The molecule has 2 fully saturated rings. The van der Waals surface area contributed by atoms with Crippen LogP contribution in [0.3, 0.4) is 0 Å². The number of hydrogen-bond acceptors (Lipinski definition) is 1. The highest BCUT2D eigenvalue weighted by Crippen LogP contribution is 2.40. The molecule has 2 atom stereocenters. The molecule has 1 heterocycles. The van der Waals surface area contributed by atoms with Crippen LogP contribution < -0.4 is 0 Å². The molecule has 2 unspecified atom stereocenters. The highest BCUT2D eigenvalue weighted by Gasteiger charge is 2.28. The van der Waals surface area contributed by atoms with Crippen LogP contribution in [-0.4, -0.2) is 18.0 Å². The van der Waals surface area contributed by atoms with Gasteiger partial charge < -0.3 is 4.90 Å². The van der Waals surface area contributed by atoms with Crippen molar-refractivity contribution in [3.05, 3.63) is 23.9 Å². The molecule has 2 aliphatic rings. The molecule has 0 spiro atoms. The van der Waals surface area contributed by atoms with Crippen LogP contribution in [0.1, 0.15) is 79.1 Å². The molecule has 2 rings (SSSR count). The maximum Gasteiger partial charge on any atom is 0.0322 e. The minimum Gasteiger partial charge on any atom is -0.372 e. The summed E-state index contributed by atoms with van der Waals surface area (Å²) in [6, 6.07) is 0. The van der Waals surface area contributed by atoms with Gasteiger partial charge in [0.05, 0.1) is 0 Å². The van der Waals surface area contributed by atoms with E-state index in [4.69, 9.17) is 0 Å². The van der Waals surface area contributed by atoms with Crippen molar-refractivity contribution in [2.24, 2.45) is 17.3 Å². The molecule has 0 aromatic heterocycles. The van der Waals surface area contributed by atoms with Gasteiger partial charge in [-0.05, 0) is 54.9 Å². The van der Waals surface area contributed by atoms with Gasteiger partial charge in [0.1, 0.15) is 0 Å². The first kappa shape index (κ1) is 17.6. The lowest BCUT2D eigenvalue weighted by Crippen LogP contribution is -2.37. The molecule has 0 aromatic carbocycles. The second kappa shape index (κ2) is 7.70. The van der Waals surface area contributed by atoms with Crippen molar-refractivity contribution in [2.45, 2.75) is 79.1 Å². The van der Waals surface area contributed by atoms with Crippen LogP contribution in [-0.2, 0) is 0 Å². The SMILES string of the molecule is C=C(/C(=C\C(C)C1CCC1)CC(C)(CC)CCC)N1CCC1. The molecular weight excluding hydrogens is 266 g/mol. The summed E-state index contributed by atoms with van der Waals surface area (Å²) in [7, 11) is 0. The number of hydrogen-bond donors (Lipinski definition) is 0. The summed E-state index contributed by atoms with van der Waals surface area (Å²) in [4.78, 5) is 2.49. The van der Waals surface area contributed by atoms with E-state index in [0.717, 1.165) is 11.8 Å². The van der Waals surface area contributed by atoms with Gasteiger partial charge in [0, 0.05) is 18.8 Å². The van der Waals surface area contributed by atoms with Crippen molar-refractivity contribution in [3.8, 4) is 0 Å². The quantitative estimate of drug-likeness (QED) is 0.460. The largest absolute Gasteiger partial charge is 0.372 e. The van der Waals surface area contributed by atoms with Crippen LogP contribution in [0.15, 0.2) is 23.9 Å². The lowest BCUT2D eigenvalue weighted by molar-refractivity contribution is 0.226. The molecule has 0 aromatic rings.